The zero-order chi connectivity index (χ0) is 14.0. The van der Waals surface area contributed by atoms with Gasteiger partial charge < -0.3 is 9.84 Å². The van der Waals surface area contributed by atoms with Crippen LogP contribution < -0.4 is 4.74 Å². The summed E-state index contributed by atoms with van der Waals surface area (Å²) >= 11 is 3.38. The Kier molecular flexibility index (Phi) is 4.22. The molecule has 0 fully saturated rings. The summed E-state index contributed by atoms with van der Waals surface area (Å²) in [5, 5.41) is 9.67. The van der Waals surface area contributed by atoms with Crippen LogP contribution in [0.5, 0.6) is 11.5 Å². The van der Waals surface area contributed by atoms with E-state index in [0.717, 1.165) is 10.0 Å². The van der Waals surface area contributed by atoms with E-state index >= 15 is 0 Å². The highest BCUT2D eigenvalue weighted by molar-refractivity contribution is 9.10. The average molecular weight is 325 g/mol. The molecule has 0 saturated carbocycles. The van der Waals surface area contributed by atoms with E-state index in [4.69, 9.17) is 4.74 Å². The van der Waals surface area contributed by atoms with E-state index in [1.807, 2.05) is 25.1 Å². The summed E-state index contributed by atoms with van der Waals surface area (Å²) in [6.45, 7) is 3.50. The number of ether oxygens (including phenoxy) is 1. The average Bonchev–Trinajstić information content (AvgIpc) is 2.35. The van der Waals surface area contributed by atoms with Gasteiger partial charge in [0.05, 0.1) is 6.10 Å². The summed E-state index contributed by atoms with van der Waals surface area (Å²) in [6.07, 6.45) is -0.793. The number of hydrogen-bond donors (Lipinski definition) is 1. The van der Waals surface area contributed by atoms with Crippen molar-refractivity contribution < 1.29 is 14.2 Å². The number of aliphatic hydroxyl groups excluding tert-OH is 1. The molecule has 2 aromatic rings. The van der Waals surface area contributed by atoms with Crippen LogP contribution in [-0.2, 0) is 0 Å². The second kappa shape index (κ2) is 5.72. The molecule has 2 rings (SSSR count). The van der Waals surface area contributed by atoms with Crippen molar-refractivity contribution in [3.05, 3.63) is 57.8 Å². The van der Waals surface area contributed by atoms with E-state index in [2.05, 4.69) is 15.9 Å². The molecule has 0 amide bonds. The fourth-order valence-corrected chi connectivity index (χ4v) is 2.08. The maximum Gasteiger partial charge on any atom is 0.133 e. The molecule has 2 aromatic carbocycles. The zero-order valence-electron chi connectivity index (χ0n) is 10.7. The van der Waals surface area contributed by atoms with Crippen molar-refractivity contribution in [2.24, 2.45) is 0 Å². The van der Waals surface area contributed by atoms with Gasteiger partial charge in [0, 0.05) is 10.0 Å². The Bertz CT molecular complexity index is 597. The third-order valence-corrected chi connectivity index (χ3v) is 3.29. The van der Waals surface area contributed by atoms with Gasteiger partial charge in [-0.25, -0.2) is 4.39 Å². The summed E-state index contributed by atoms with van der Waals surface area (Å²) in [4.78, 5) is 0. The highest BCUT2D eigenvalue weighted by Gasteiger charge is 2.12. The van der Waals surface area contributed by atoms with Gasteiger partial charge >= 0.3 is 0 Å². The number of aryl methyl sites for hydroxylation is 1. The molecule has 0 bridgehead atoms. The summed E-state index contributed by atoms with van der Waals surface area (Å²) in [6, 6.07) is 9.80. The van der Waals surface area contributed by atoms with Crippen molar-refractivity contribution >= 4 is 15.9 Å². The van der Waals surface area contributed by atoms with Crippen LogP contribution in [0.2, 0.25) is 0 Å². The number of aliphatic hydroxyl groups is 1. The van der Waals surface area contributed by atoms with Gasteiger partial charge in [-0.15, -0.1) is 0 Å². The third-order valence-electron chi connectivity index (χ3n) is 2.79. The lowest BCUT2D eigenvalue weighted by atomic mass is 10.1. The molecule has 0 aromatic heterocycles. The number of benzene rings is 2. The Morgan fingerprint density at radius 1 is 1.16 bits per heavy atom. The van der Waals surface area contributed by atoms with Crippen molar-refractivity contribution in [2.75, 3.05) is 0 Å². The van der Waals surface area contributed by atoms with Gasteiger partial charge in [-0.2, -0.15) is 0 Å². The van der Waals surface area contributed by atoms with Crippen LogP contribution in [-0.4, -0.2) is 5.11 Å². The monoisotopic (exact) mass is 324 g/mol. The Labute approximate surface area is 120 Å². The fraction of sp³-hybridized carbons (Fsp3) is 0.200. The van der Waals surface area contributed by atoms with Gasteiger partial charge in [0.15, 0.2) is 0 Å². The Morgan fingerprint density at radius 3 is 2.58 bits per heavy atom. The second-order valence-electron chi connectivity index (χ2n) is 4.37. The van der Waals surface area contributed by atoms with Crippen molar-refractivity contribution in [1.82, 2.24) is 0 Å². The minimum absolute atomic E-state index is 0.394. The standard InChI is InChI=1S/C15H14BrFO2/c1-9-3-4-11(16)7-15(9)19-14-6-5-12(17)8-13(14)10(2)18/h3-8,10,18H,1-2H3/t10-/m1/s1. The van der Waals surface area contributed by atoms with Gasteiger partial charge in [-0.05, 0) is 49.7 Å². The van der Waals surface area contributed by atoms with Crippen LogP contribution in [0, 0.1) is 12.7 Å². The van der Waals surface area contributed by atoms with Crippen molar-refractivity contribution in [3.63, 3.8) is 0 Å². The maximum atomic E-state index is 13.2. The van der Waals surface area contributed by atoms with E-state index in [9.17, 15) is 9.50 Å². The summed E-state index contributed by atoms with van der Waals surface area (Å²) in [7, 11) is 0. The molecule has 1 N–H and O–H groups in total. The summed E-state index contributed by atoms with van der Waals surface area (Å²) < 4.78 is 19.9. The van der Waals surface area contributed by atoms with E-state index in [-0.39, 0.29) is 0 Å². The SMILES string of the molecule is Cc1ccc(Br)cc1Oc1ccc(F)cc1[C@@H](C)O. The number of hydrogen-bond acceptors (Lipinski definition) is 2. The quantitative estimate of drug-likeness (QED) is 0.883. The van der Waals surface area contributed by atoms with E-state index in [0.29, 0.717) is 17.1 Å². The molecule has 100 valence electrons. The van der Waals surface area contributed by atoms with Gasteiger partial charge in [0.1, 0.15) is 17.3 Å². The van der Waals surface area contributed by atoms with Gasteiger partial charge in [0.2, 0.25) is 0 Å². The molecule has 1 atom stereocenters. The van der Waals surface area contributed by atoms with Crippen LogP contribution in [0.25, 0.3) is 0 Å². The molecule has 0 radical (unpaired) electrons. The molecule has 2 nitrogen and oxygen atoms in total. The van der Waals surface area contributed by atoms with Crippen LogP contribution in [0.3, 0.4) is 0 Å². The third kappa shape index (κ3) is 3.33. The Morgan fingerprint density at radius 2 is 1.89 bits per heavy atom. The van der Waals surface area contributed by atoms with Crippen molar-refractivity contribution in [2.45, 2.75) is 20.0 Å². The first-order valence-electron chi connectivity index (χ1n) is 5.89. The number of rotatable bonds is 3. The normalized spacial score (nSPS) is 12.3. The summed E-state index contributed by atoms with van der Waals surface area (Å²) in [5.74, 6) is 0.731. The molecule has 0 aliphatic heterocycles. The Hall–Kier alpha value is -1.39. The van der Waals surface area contributed by atoms with Crippen LogP contribution in [0.15, 0.2) is 40.9 Å². The highest BCUT2D eigenvalue weighted by atomic mass is 79.9. The largest absolute Gasteiger partial charge is 0.457 e. The molecule has 0 unspecified atom stereocenters. The molecule has 19 heavy (non-hydrogen) atoms. The minimum atomic E-state index is -0.793. The van der Waals surface area contributed by atoms with E-state index in [1.165, 1.54) is 18.2 Å². The smallest absolute Gasteiger partial charge is 0.133 e. The molecule has 0 aliphatic rings. The van der Waals surface area contributed by atoms with Crippen molar-refractivity contribution in [1.29, 1.82) is 0 Å². The second-order valence-corrected chi connectivity index (χ2v) is 5.29. The first-order valence-corrected chi connectivity index (χ1v) is 6.68. The van der Waals surface area contributed by atoms with E-state index < -0.39 is 11.9 Å². The molecular weight excluding hydrogens is 311 g/mol. The predicted molar refractivity (Wildman–Crippen MR) is 76.0 cm³/mol. The summed E-state index contributed by atoms with van der Waals surface area (Å²) in [5.41, 5.74) is 1.39. The van der Waals surface area contributed by atoms with Crippen molar-refractivity contribution in [3.8, 4) is 11.5 Å². The molecule has 0 saturated heterocycles. The molecule has 0 aliphatic carbocycles. The first kappa shape index (κ1) is 14.0. The number of halogens is 2. The van der Waals surface area contributed by atoms with Crippen LogP contribution in [0.1, 0.15) is 24.2 Å². The maximum absolute atomic E-state index is 13.2. The van der Waals surface area contributed by atoms with Crippen LogP contribution >= 0.6 is 15.9 Å². The van der Waals surface area contributed by atoms with Gasteiger partial charge in [-0.1, -0.05) is 22.0 Å². The zero-order valence-corrected chi connectivity index (χ0v) is 12.2. The molecular formula is C15H14BrFO2. The Balaban J connectivity index is 2.40. The lowest BCUT2D eigenvalue weighted by Gasteiger charge is -2.15. The molecule has 0 heterocycles. The highest BCUT2D eigenvalue weighted by Crippen LogP contribution is 2.33. The molecule has 0 spiro atoms. The topological polar surface area (TPSA) is 29.5 Å². The minimum Gasteiger partial charge on any atom is -0.457 e. The van der Waals surface area contributed by atoms with E-state index in [1.54, 1.807) is 6.92 Å². The fourth-order valence-electron chi connectivity index (χ4n) is 1.74. The van der Waals surface area contributed by atoms with Gasteiger partial charge in [0.25, 0.3) is 0 Å². The molecule has 4 heteroatoms. The van der Waals surface area contributed by atoms with Gasteiger partial charge in [-0.3, -0.25) is 0 Å². The first-order chi connectivity index (χ1) is 8.97. The predicted octanol–water partition coefficient (Wildman–Crippen LogP) is 4.74. The lowest BCUT2D eigenvalue weighted by molar-refractivity contribution is 0.195. The van der Waals surface area contributed by atoms with Crippen LogP contribution in [0.4, 0.5) is 4.39 Å². The lowest BCUT2D eigenvalue weighted by Crippen LogP contribution is -1.98.